The van der Waals surface area contributed by atoms with Crippen LogP contribution in [0.1, 0.15) is 38.5 Å². The van der Waals surface area contributed by atoms with E-state index in [4.69, 9.17) is 11.6 Å². The van der Waals surface area contributed by atoms with Gasteiger partial charge >= 0.3 is 0 Å². The normalized spacial score (nSPS) is 16.1. The highest BCUT2D eigenvalue weighted by Crippen LogP contribution is 2.30. The molecule has 0 heterocycles. The smallest absolute Gasteiger partial charge is 0.143 e. The monoisotopic (exact) mass is 282 g/mol. The van der Waals surface area contributed by atoms with Crippen LogP contribution in [0.5, 0.6) is 0 Å². The zero-order valence-electron chi connectivity index (χ0n) is 10.5. The third kappa shape index (κ3) is 4.33. The molecule has 1 aromatic carbocycles. The van der Waals surface area contributed by atoms with E-state index in [0.717, 1.165) is 28.7 Å². The zero-order chi connectivity index (χ0) is 12.8. The molecule has 3 heteroatoms. The molecule has 1 nitrogen and oxygen atoms in total. The third-order valence-electron chi connectivity index (χ3n) is 3.53. The predicted molar refractivity (Wildman–Crippen MR) is 78.4 cm³/mol. The van der Waals surface area contributed by atoms with Crippen molar-refractivity contribution in [2.75, 3.05) is 5.75 Å². The molecule has 1 aliphatic carbocycles. The summed E-state index contributed by atoms with van der Waals surface area (Å²) in [5, 5.41) is 0.742. The van der Waals surface area contributed by atoms with E-state index < -0.39 is 0 Å². The quantitative estimate of drug-likeness (QED) is 0.685. The Morgan fingerprint density at radius 3 is 2.72 bits per heavy atom. The fourth-order valence-corrected chi connectivity index (χ4v) is 3.60. The van der Waals surface area contributed by atoms with Gasteiger partial charge in [-0.3, -0.25) is 4.79 Å². The Morgan fingerprint density at radius 2 is 2.00 bits per heavy atom. The molecule has 0 N–H and O–H groups in total. The van der Waals surface area contributed by atoms with Crippen molar-refractivity contribution in [1.29, 1.82) is 0 Å². The van der Waals surface area contributed by atoms with Crippen molar-refractivity contribution in [3.8, 4) is 0 Å². The van der Waals surface area contributed by atoms with Crippen molar-refractivity contribution in [3.05, 3.63) is 29.3 Å². The third-order valence-corrected chi connectivity index (χ3v) is 5.11. The van der Waals surface area contributed by atoms with Crippen molar-refractivity contribution in [2.45, 2.75) is 43.4 Å². The summed E-state index contributed by atoms with van der Waals surface area (Å²) >= 11 is 7.61. The van der Waals surface area contributed by atoms with Crippen molar-refractivity contribution >= 4 is 29.1 Å². The number of hydrogen-bond donors (Lipinski definition) is 0. The maximum absolute atomic E-state index is 11.8. The van der Waals surface area contributed by atoms with Crippen LogP contribution in [0.15, 0.2) is 29.2 Å². The molecule has 0 spiro atoms. The molecular weight excluding hydrogens is 264 g/mol. The number of halogens is 1. The average Bonchev–Trinajstić information content (AvgIpc) is 2.88. The first-order valence-corrected chi connectivity index (χ1v) is 8.01. The number of carbonyl (C=O) groups is 1. The maximum Gasteiger partial charge on any atom is 0.143 e. The van der Waals surface area contributed by atoms with E-state index in [1.54, 1.807) is 11.8 Å². The summed E-state index contributed by atoms with van der Waals surface area (Å²) in [7, 11) is 0. The number of ketones is 1. The van der Waals surface area contributed by atoms with Gasteiger partial charge in [0.15, 0.2) is 0 Å². The minimum absolute atomic E-state index is 0.354. The van der Waals surface area contributed by atoms with Gasteiger partial charge in [0.2, 0.25) is 0 Å². The molecule has 18 heavy (non-hydrogen) atoms. The largest absolute Gasteiger partial charge is 0.299 e. The van der Waals surface area contributed by atoms with Gasteiger partial charge in [-0.15, -0.1) is 11.8 Å². The van der Waals surface area contributed by atoms with Gasteiger partial charge in [-0.25, -0.2) is 0 Å². The Bertz CT molecular complexity index is 399. The lowest BCUT2D eigenvalue weighted by molar-refractivity contribution is -0.116. The average molecular weight is 283 g/mol. The predicted octanol–water partition coefficient (Wildman–Crippen LogP) is 4.97. The minimum atomic E-state index is 0.354. The first-order chi connectivity index (χ1) is 8.75. The summed E-state index contributed by atoms with van der Waals surface area (Å²) in [4.78, 5) is 12.8. The van der Waals surface area contributed by atoms with Crippen LogP contribution in [0, 0.1) is 5.92 Å². The molecule has 1 aromatic rings. The van der Waals surface area contributed by atoms with Crippen LogP contribution < -0.4 is 0 Å². The van der Waals surface area contributed by atoms with Gasteiger partial charge in [-0.2, -0.15) is 0 Å². The fourth-order valence-electron chi connectivity index (χ4n) is 2.46. The molecule has 0 bridgehead atoms. The Morgan fingerprint density at radius 1 is 1.28 bits per heavy atom. The Kier molecular flexibility index (Phi) is 5.58. The summed E-state index contributed by atoms with van der Waals surface area (Å²) in [6, 6.07) is 7.70. The molecule has 0 amide bonds. The highest BCUT2D eigenvalue weighted by Gasteiger charge is 2.16. The van der Waals surface area contributed by atoms with Gasteiger partial charge in [-0.1, -0.05) is 49.4 Å². The van der Waals surface area contributed by atoms with Crippen LogP contribution in [0.4, 0.5) is 0 Å². The van der Waals surface area contributed by atoms with Crippen molar-refractivity contribution in [1.82, 2.24) is 0 Å². The van der Waals surface area contributed by atoms with Crippen molar-refractivity contribution in [3.63, 3.8) is 0 Å². The van der Waals surface area contributed by atoms with E-state index in [2.05, 4.69) is 0 Å². The molecule has 1 saturated carbocycles. The summed E-state index contributed by atoms with van der Waals surface area (Å²) in [5.41, 5.74) is 0. The molecule has 0 aromatic heterocycles. The Hall–Kier alpha value is -0.470. The lowest BCUT2D eigenvalue weighted by Gasteiger charge is -2.07. The van der Waals surface area contributed by atoms with Gasteiger partial charge in [0.05, 0.1) is 10.8 Å². The second kappa shape index (κ2) is 7.20. The van der Waals surface area contributed by atoms with Crippen molar-refractivity contribution in [2.24, 2.45) is 5.92 Å². The first-order valence-electron chi connectivity index (χ1n) is 6.65. The fraction of sp³-hybridized carbons (Fsp3) is 0.533. The van der Waals surface area contributed by atoms with Gasteiger partial charge in [-0.05, 0) is 24.5 Å². The van der Waals surface area contributed by atoms with E-state index >= 15 is 0 Å². The van der Waals surface area contributed by atoms with Gasteiger partial charge in [0.1, 0.15) is 5.78 Å². The van der Waals surface area contributed by atoms with Crippen LogP contribution in [0.2, 0.25) is 5.02 Å². The number of rotatable bonds is 6. The summed E-state index contributed by atoms with van der Waals surface area (Å²) in [5.74, 6) is 1.71. The SMILES string of the molecule is O=C(CCC1CCCC1)CSc1ccccc1Cl. The van der Waals surface area contributed by atoms with Crippen LogP contribution >= 0.6 is 23.4 Å². The highest BCUT2D eigenvalue weighted by molar-refractivity contribution is 8.00. The molecule has 0 unspecified atom stereocenters. The number of carbonyl (C=O) groups excluding carboxylic acids is 1. The second-order valence-corrected chi connectivity index (χ2v) is 6.37. The lowest BCUT2D eigenvalue weighted by Crippen LogP contribution is -2.04. The molecule has 0 atom stereocenters. The van der Waals surface area contributed by atoms with E-state index in [1.165, 1.54) is 25.7 Å². The molecule has 2 rings (SSSR count). The summed E-state index contributed by atoms with van der Waals surface area (Å²) < 4.78 is 0. The topological polar surface area (TPSA) is 17.1 Å². The zero-order valence-corrected chi connectivity index (χ0v) is 12.1. The molecule has 1 aliphatic rings. The first kappa shape index (κ1) is 14.0. The highest BCUT2D eigenvalue weighted by atomic mass is 35.5. The molecule has 0 saturated heterocycles. The van der Waals surface area contributed by atoms with Crippen molar-refractivity contribution < 1.29 is 4.79 Å². The summed E-state index contributed by atoms with van der Waals surface area (Å²) in [6.07, 6.45) is 7.18. The van der Waals surface area contributed by atoms with E-state index in [9.17, 15) is 4.79 Å². The van der Waals surface area contributed by atoms with Crippen LogP contribution in [0.3, 0.4) is 0 Å². The molecule has 0 aliphatic heterocycles. The van der Waals surface area contributed by atoms with Gasteiger partial charge < -0.3 is 0 Å². The molecule has 0 radical (unpaired) electrons. The van der Waals surface area contributed by atoms with Gasteiger partial charge in [0, 0.05) is 11.3 Å². The second-order valence-electron chi connectivity index (χ2n) is 4.95. The number of thioether (sulfide) groups is 1. The van der Waals surface area contributed by atoms with Crippen LogP contribution in [0.25, 0.3) is 0 Å². The Balaban J connectivity index is 1.69. The molecule has 98 valence electrons. The van der Waals surface area contributed by atoms with Crippen LogP contribution in [-0.4, -0.2) is 11.5 Å². The van der Waals surface area contributed by atoms with E-state index in [-0.39, 0.29) is 0 Å². The molecular formula is C15H19ClOS. The number of Topliss-reactive ketones (excluding diaryl/α,β-unsaturated/α-hetero) is 1. The number of hydrogen-bond acceptors (Lipinski definition) is 2. The standard InChI is InChI=1S/C15H19ClOS/c16-14-7-3-4-8-15(14)18-11-13(17)10-9-12-5-1-2-6-12/h3-4,7-8,12H,1-2,5-6,9-11H2. The lowest BCUT2D eigenvalue weighted by atomic mass is 10.0. The van der Waals surface area contributed by atoms with E-state index in [1.807, 2.05) is 24.3 Å². The molecule has 1 fully saturated rings. The van der Waals surface area contributed by atoms with Crippen LogP contribution in [-0.2, 0) is 4.79 Å². The van der Waals surface area contributed by atoms with E-state index in [0.29, 0.717) is 11.5 Å². The maximum atomic E-state index is 11.8. The van der Waals surface area contributed by atoms with Gasteiger partial charge in [0.25, 0.3) is 0 Å². The number of benzene rings is 1. The summed E-state index contributed by atoms with van der Waals surface area (Å²) in [6.45, 7) is 0. The minimum Gasteiger partial charge on any atom is -0.299 e. The Labute approximate surface area is 118 Å².